The van der Waals surface area contributed by atoms with Crippen LogP contribution in [0, 0.1) is 20.8 Å². The Bertz CT molecular complexity index is 2370. The van der Waals surface area contributed by atoms with E-state index in [-0.39, 0.29) is 45.0 Å². The highest BCUT2D eigenvalue weighted by Crippen LogP contribution is 2.40. The molecule has 0 aliphatic carbocycles. The first-order chi connectivity index (χ1) is 24.5. The van der Waals surface area contributed by atoms with Gasteiger partial charge in [-0.15, -0.1) is 0 Å². The summed E-state index contributed by atoms with van der Waals surface area (Å²) >= 11 is 0. The third-order valence-corrected chi connectivity index (χ3v) is 8.50. The van der Waals surface area contributed by atoms with Crippen LogP contribution in [-0.2, 0) is 26.2 Å². The summed E-state index contributed by atoms with van der Waals surface area (Å²) in [6.45, 7) is 6.03. The number of aryl methyl sites for hydroxylation is 5. The number of nitrogens with two attached hydrogens (primary N) is 1. The van der Waals surface area contributed by atoms with Crippen LogP contribution < -0.4 is 16.4 Å². The van der Waals surface area contributed by atoms with E-state index < -0.39 is 48.6 Å². The molecule has 0 saturated heterocycles. The Balaban J connectivity index is 1.37. The van der Waals surface area contributed by atoms with Crippen LogP contribution in [0.3, 0.4) is 0 Å². The number of nitrogens with zero attached hydrogens (tertiary/aromatic N) is 8. The molecule has 0 aliphatic heterocycles. The first kappa shape index (κ1) is 35.7. The number of aromatic nitrogens is 8. The van der Waals surface area contributed by atoms with E-state index in [2.05, 4.69) is 30.8 Å². The van der Waals surface area contributed by atoms with Gasteiger partial charge in [0.1, 0.15) is 11.4 Å². The number of halogens is 4. The van der Waals surface area contributed by atoms with E-state index in [1.165, 1.54) is 45.8 Å². The Kier molecular flexibility index (Phi) is 9.10. The standard InChI is InChI=1S/C34H35F4N11O3/c1-6-48-26(13-19(4)44-48)29(51)42-31-40-22-12-18(3)8-10-24(22)46(31)16-33(35,36)34(37,38)17-47-25-11-9-21(28(39)50)15-23(25)41-32(47)43-30(52)27-14-20(5)45-49(27)7-2/h8-15H,6-7,16-17H2,1-5H3,(H2,39,50)(H,40,42,51)(H,41,43,52). The van der Waals surface area contributed by atoms with Crippen molar-refractivity contribution >= 4 is 51.7 Å². The maximum absolute atomic E-state index is 16.1. The zero-order valence-electron chi connectivity index (χ0n) is 28.8. The molecule has 0 bridgehead atoms. The molecule has 4 N–H and O–H groups in total. The highest BCUT2D eigenvalue weighted by molar-refractivity contribution is 6.04. The van der Waals surface area contributed by atoms with Crippen LogP contribution in [0.2, 0.25) is 0 Å². The predicted molar refractivity (Wildman–Crippen MR) is 184 cm³/mol. The minimum atomic E-state index is -4.79. The number of hydrogen-bond acceptors (Lipinski definition) is 7. The summed E-state index contributed by atoms with van der Waals surface area (Å²) in [5.41, 5.74) is 7.54. The van der Waals surface area contributed by atoms with Crippen LogP contribution in [0.1, 0.15) is 62.1 Å². The number of amides is 3. The van der Waals surface area contributed by atoms with Crippen molar-refractivity contribution in [2.75, 3.05) is 10.6 Å². The van der Waals surface area contributed by atoms with E-state index in [4.69, 9.17) is 5.73 Å². The maximum atomic E-state index is 16.1. The lowest BCUT2D eigenvalue weighted by atomic mass is 10.1. The number of primary amides is 1. The molecule has 272 valence electrons. The van der Waals surface area contributed by atoms with Crippen LogP contribution in [0.5, 0.6) is 0 Å². The van der Waals surface area contributed by atoms with Crippen molar-refractivity contribution in [3.05, 3.63) is 82.4 Å². The minimum Gasteiger partial charge on any atom is -0.366 e. The van der Waals surface area contributed by atoms with Gasteiger partial charge in [0.2, 0.25) is 17.8 Å². The number of benzene rings is 2. The van der Waals surface area contributed by atoms with Gasteiger partial charge in [0.15, 0.2) is 0 Å². The fraction of sp³-hybridized carbons (Fsp3) is 0.324. The topological polar surface area (TPSA) is 173 Å². The van der Waals surface area contributed by atoms with E-state index in [9.17, 15) is 14.4 Å². The van der Waals surface area contributed by atoms with Crippen molar-refractivity contribution in [3.63, 3.8) is 0 Å². The Morgan fingerprint density at radius 2 is 1.13 bits per heavy atom. The smallest absolute Gasteiger partial charge is 0.329 e. The van der Waals surface area contributed by atoms with Crippen LogP contribution in [0.25, 0.3) is 22.1 Å². The molecule has 2 aromatic carbocycles. The second-order valence-corrected chi connectivity index (χ2v) is 12.4. The molecule has 0 fully saturated rings. The van der Waals surface area contributed by atoms with Gasteiger partial charge in [-0.1, -0.05) is 6.07 Å². The van der Waals surface area contributed by atoms with Crippen LogP contribution in [0.15, 0.2) is 48.5 Å². The molecule has 0 spiro atoms. The number of hydrogen-bond donors (Lipinski definition) is 3. The zero-order chi connectivity index (χ0) is 37.7. The van der Waals surface area contributed by atoms with Gasteiger partial charge in [0, 0.05) is 18.7 Å². The third-order valence-electron chi connectivity index (χ3n) is 8.50. The van der Waals surface area contributed by atoms with Crippen LogP contribution in [0.4, 0.5) is 29.5 Å². The summed E-state index contributed by atoms with van der Waals surface area (Å²) in [5, 5.41) is 13.4. The van der Waals surface area contributed by atoms with Gasteiger partial charge in [-0.3, -0.25) is 34.4 Å². The first-order valence-electron chi connectivity index (χ1n) is 16.3. The van der Waals surface area contributed by atoms with Gasteiger partial charge in [-0.25, -0.2) is 9.97 Å². The van der Waals surface area contributed by atoms with Crippen molar-refractivity contribution in [2.24, 2.45) is 5.73 Å². The van der Waals surface area contributed by atoms with Gasteiger partial charge >= 0.3 is 11.8 Å². The molecule has 0 aliphatic rings. The fourth-order valence-electron chi connectivity index (χ4n) is 5.93. The molecule has 4 heterocycles. The number of rotatable bonds is 12. The third kappa shape index (κ3) is 6.58. The summed E-state index contributed by atoms with van der Waals surface area (Å²) < 4.78 is 69.0. The van der Waals surface area contributed by atoms with E-state index in [1.54, 1.807) is 46.8 Å². The number of imidazole rings is 2. The van der Waals surface area contributed by atoms with Gasteiger partial charge in [-0.2, -0.15) is 27.8 Å². The second-order valence-electron chi connectivity index (χ2n) is 12.4. The summed E-state index contributed by atoms with van der Waals surface area (Å²) in [7, 11) is 0. The second kappa shape index (κ2) is 13.2. The molecule has 18 heteroatoms. The maximum Gasteiger partial charge on any atom is 0.329 e. The lowest BCUT2D eigenvalue weighted by Crippen LogP contribution is -2.47. The zero-order valence-corrected chi connectivity index (χ0v) is 28.8. The molecule has 0 atom stereocenters. The lowest BCUT2D eigenvalue weighted by molar-refractivity contribution is -0.220. The molecule has 3 amide bonds. The highest BCUT2D eigenvalue weighted by Gasteiger charge is 2.57. The number of alkyl halides is 4. The number of nitrogens with one attached hydrogen (secondary N) is 2. The number of anilines is 2. The molecular weight excluding hydrogens is 686 g/mol. The summed E-state index contributed by atoms with van der Waals surface area (Å²) in [6, 6.07) is 11.3. The minimum absolute atomic E-state index is 0.0132. The average Bonchev–Trinajstić information content (AvgIpc) is 3.83. The fourth-order valence-corrected chi connectivity index (χ4v) is 5.93. The SMILES string of the molecule is CCn1nc(C)cc1C(=O)Nc1nc2cc(C)ccc2n1CC(F)(F)C(F)(F)Cn1c(NC(=O)c2cc(C)nn2CC)nc2cc(C(N)=O)ccc21. The van der Waals surface area contributed by atoms with Crippen LogP contribution in [-0.4, -0.2) is 68.2 Å². The summed E-state index contributed by atoms with van der Waals surface area (Å²) in [5.74, 6) is -12.7. The van der Waals surface area contributed by atoms with Crippen molar-refractivity contribution in [3.8, 4) is 0 Å². The van der Waals surface area contributed by atoms with E-state index >= 15 is 17.6 Å². The van der Waals surface area contributed by atoms with E-state index in [0.717, 1.165) is 14.7 Å². The first-order valence-corrected chi connectivity index (χ1v) is 16.3. The van der Waals surface area contributed by atoms with Crippen LogP contribution >= 0.6 is 0 Å². The summed E-state index contributed by atoms with van der Waals surface area (Å²) in [4.78, 5) is 47.0. The Morgan fingerprint density at radius 3 is 1.58 bits per heavy atom. The predicted octanol–water partition coefficient (Wildman–Crippen LogP) is 5.32. The molecular formula is C34H35F4N11O3. The molecule has 14 nitrogen and oxygen atoms in total. The van der Waals surface area contributed by atoms with Crippen molar-refractivity contribution in [1.82, 2.24) is 38.7 Å². The van der Waals surface area contributed by atoms with Gasteiger partial charge < -0.3 is 14.9 Å². The van der Waals surface area contributed by atoms with Crippen molar-refractivity contribution in [1.29, 1.82) is 0 Å². The Hall–Kier alpha value is -6.07. The van der Waals surface area contributed by atoms with Gasteiger partial charge in [0.05, 0.1) is 46.5 Å². The van der Waals surface area contributed by atoms with Crippen molar-refractivity contribution < 1.29 is 31.9 Å². The monoisotopic (exact) mass is 721 g/mol. The Labute approximate surface area is 293 Å². The molecule has 0 unspecified atom stereocenters. The van der Waals surface area contributed by atoms with Gasteiger partial charge in [-0.05, 0) is 82.6 Å². The molecule has 6 aromatic rings. The van der Waals surface area contributed by atoms with E-state index in [1.807, 2.05) is 0 Å². The molecule has 0 saturated carbocycles. The summed E-state index contributed by atoms with van der Waals surface area (Å²) in [6.07, 6.45) is 0. The molecule has 52 heavy (non-hydrogen) atoms. The number of carbonyl (C=O) groups excluding carboxylic acids is 3. The average molecular weight is 722 g/mol. The Morgan fingerprint density at radius 1 is 0.692 bits per heavy atom. The highest BCUT2D eigenvalue weighted by atomic mass is 19.3. The number of carbonyl (C=O) groups is 3. The quantitative estimate of drug-likeness (QED) is 0.144. The lowest BCUT2D eigenvalue weighted by Gasteiger charge is -2.28. The van der Waals surface area contributed by atoms with Gasteiger partial charge in [0.25, 0.3) is 11.8 Å². The van der Waals surface area contributed by atoms with Crippen molar-refractivity contribution in [2.45, 2.75) is 72.6 Å². The molecule has 4 aromatic heterocycles. The normalized spacial score (nSPS) is 12.2. The molecule has 0 radical (unpaired) electrons. The number of fused-ring (bicyclic) bond motifs is 2. The largest absolute Gasteiger partial charge is 0.366 e. The van der Waals surface area contributed by atoms with E-state index in [0.29, 0.717) is 24.5 Å². The molecule has 6 rings (SSSR count).